The quantitative estimate of drug-likeness (QED) is 0.547. The highest BCUT2D eigenvalue weighted by Crippen LogP contribution is 2.24. The maximum Gasteiger partial charge on any atom is 0.297 e. The van der Waals surface area contributed by atoms with Crippen LogP contribution in [-0.2, 0) is 22.4 Å². The second kappa shape index (κ2) is 9.65. The highest BCUT2D eigenvalue weighted by molar-refractivity contribution is 6.46. The predicted molar refractivity (Wildman–Crippen MR) is 119 cm³/mol. The molecule has 1 aliphatic heterocycles. The Morgan fingerprint density at radius 1 is 1.07 bits per heavy atom. The maximum atomic E-state index is 12.7. The topological polar surface area (TPSA) is 62.3 Å². The SMILES string of the molecule is C=C(Cc1ccc(CC)cc1)N1C=CC=C/C1=C(/C)C(=O)C(=O)Nc1ccccn1. The van der Waals surface area contributed by atoms with Crippen LogP contribution in [0.25, 0.3) is 0 Å². The third-order valence-electron chi connectivity index (χ3n) is 4.88. The minimum absolute atomic E-state index is 0.338. The summed E-state index contributed by atoms with van der Waals surface area (Å²) in [5.41, 5.74) is 4.20. The number of aromatic nitrogens is 1. The molecule has 152 valence electrons. The molecular weight excluding hydrogens is 374 g/mol. The fourth-order valence-electron chi connectivity index (χ4n) is 3.13. The van der Waals surface area contributed by atoms with Gasteiger partial charge in [-0.05, 0) is 48.8 Å². The smallest absolute Gasteiger partial charge is 0.297 e. The molecule has 30 heavy (non-hydrogen) atoms. The molecule has 0 saturated carbocycles. The molecule has 2 heterocycles. The number of anilines is 1. The lowest BCUT2D eigenvalue weighted by atomic mass is 10.0. The van der Waals surface area contributed by atoms with Crippen LogP contribution in [0, 0.1) is 0 Å². The van der Waals surface area contributed by atoms with Crippen molar-refractivity contribution in [2.75, 3.05) is 5.32 Å². The van der Waals surface area contributed by atoms with E-state index in [1.165, 1.54) is 5.56 Å². The van der Waals surface area contributed by atoms with Crippen molar-refractivity contribution < 1.29 is 9.59 Å². The summed E-state index contributed by atoms with van der Waals surface area (Å²) in [6.07, 6.45) is 10.6. The van der Waals surface area contributed by atoms with E-state index in [1.807, 2.05) is 29.3 Å². The van der Waals surface area contributed by atoms with Gasteiger partial charge in [-0.15, -0.1) is 0 Å². The van der Waals surface area contributed by atoms with Gasteiger partial charge >= 0.3 is 0 Å². The van der Waals surface area contributed by atoms with Gasteiger partial charge < -0.3 is 10.2 Å². The van der Waals surface area contributed by atoms with E-state index in [0.717, 1.165) is 17.7 Å². The van der Waals surface area contributed by atoms with Gasteiger partial charge in [-0.3, -0.25) is 9.59 Å². The van der Waals surface area contributed by atoms with Gasteiger partial charge in [0.15, 0.2) is 0 Å². The number of carbonyl (C=O) groups excluding carboxylic acids is 2. The zero-order chi connectivity index (χ0) is 21.5. The van der Waals surface area contributed by atoms with Gasteiger partial charge in [-0.2, -0.15) is 0 Å². The Kier molecular flexibility index (Phi) is 6.75. The Hall–Kier alpha value is -3.73. The molecule has 0 aliphatic carbocycles. The van der Waals surface area contributed by atoms with Crippen LogP contribution in [0.5, 0.6) is 0 Å². The fourth-order valence-corrected chi connectivity index (χ4v) is 3.13. The number of pyridine rings is 1. The normalized spacial score (nSPS) is 14.4. The molecule has 3 rings (SSSR count). The fraction of sp³-hybridized carbons (Fsp3) is 0.160. The lowest BCUT2D eigenvalue weighted by molar-refractivity contribution is -0.132. The Labute approximate surface area is 177 Å². The second-order valence-corrected chi connectivity index (χ2v) is 6.99. The molecule has 0 bridgehead atoms. The lowest BCUT2D eigenvalue weighted by Crippen LogP contribution is -2.27. The number of nitrogens with one attached hydrogen (secondary N) is 1. The second-order valence-electron chi connectivity index (χ2n) is 6.99. The molecular formula is C25H25N3O2. The largest absolute Gasteiger partial charge is 0.321 e. The number of carbonyl (C=O) groups is 2. The molecule has 5 nitrogen and oxygen atoms in total. The summed E-state index contributed by atoms with van der Waals surface area (Å²) in [6, 6.07) is 13.5. The van der Waals surface area contributed by atoms with E-state index in [4.69, 9.17) is 0 Å². The highest BCUT2D eigenvalue weighted by Gasteiger charge is 2.22. The summed E-state index contributed by atoms with van der Waals surface area (Å²) >= 11 is 0. The van der Waals surface area contributed by atoms with Crippen LogP contribution in [-0.4, -0.2) is 21.6 Å². The summed E-state index contributed by atoms with van der Waals surface area (Å²) < 4.78 is 0. The van der Waals surface area contributed by atoms with Crippen molar-refractivity contribution in [3.63, 3.8) is 0 Å². The van der Waals surface area contributed by atoms with E-state index in [-0.39, 0.29) is 0 Å². The first-order valence-electron chi connectivity index (χ1n) is 9.87. The van der Waals surface area contributed by atoms with Crippen molar-refractivity contribution >= 4 is 17.5 Å². The summed E-state index contributed by atoms with van der Waals surface area (Å²) in [5, 5.41) is 2.54. The molecule has 1 N–H and O–H groups in total. The van der Waals surface area contributed by atoms with Crippen LogP contribution in [0.15, 0.2) is 96.6 Å². The summed E-state index contributed by atoms with van der Waals surface area (Å²) in [6.45, 7) is 7.98. The Morgan fingerprint density at radius 3 is 2.47 bits per heavy atom. The van der Waals surface area contributed by atoms with Crippen molar-refractivity contribution in [3.05, 3.63) is 108 Å². The third kappa shape index (κ3) is 5.00. The van der Waals surface area contributed by atoms with Crippen LogP contribution >= 0.6 is 0 Å². The number of hydrogen-bond donors (Lipinski definition) is 1. The van der Waals surface area contributed by atoms with Crippen molar-refractivity contribution in [3.8, 4) is 0 Å². The van der Waals surface area contributed by atoms with Crippen LogP contribution in [0.3, 0.4) is 0 Å². The molecule has 1 aromatic carbocycles. The summed E-state index contributed by atoms with van der Waals surface area (Å²) in [4.78, 5) is 31.0. The van der Waals surface area contributed by atoms with Gasteiger partial charge in [0.25, 0.3) is 5.91 Å². The number of benzene rings is 1. The minimum Gasteiger partial charge on any atom is -0.321 e. The summed E-state index contributed by atoms with van der Waals surface area (Å²) in [5.74, 6) is -0.993. The van der Waals surface area contributed by atoms with Crippen molar-refractivity contribution in [1.29, 1.82) is 0 Å². The van der Waals surface area contributed by atoms with Gasteiger partial charge in [-0.1, -0.05) is 49.9 Å². The van der Waals surface area contributed by atoms with E-state index in [2.05, 4.69) is 48.1 Å². The average Bonchev–Trinajstić information content (AvgIpc) is 2.79. The Balaban J connectivity index is 1.77. The molecule has 1 aliphatic rings. The molecule has 2 aromatic rings. The molecule has 0 atom stereocenters. The lowest BCUT2D eigenvalue weighted by Gasteiger charge is -2.27. The molecule has 0 fully saturated rings. The van der Waals surface area contributed by atoms with E-state index >= 15 is 0 Å². The highest BCUT2D eigenvalue weighted by atomic mass is 16.2. The summed E-state index contributed by atoms with van der Waals surface area (Å²) in [7, 11) is 0. The van der Waals surface area contributed by atoms with Crippen molar-refractivity contribution in [2.24, 2.45) is 0 Å². The first kappa shape index (κ1) is 21.0. The van der Waals surface area contributed by atoms with Gasteiger partial charge in [0.05, 0.1) is 5.70 Å². The number of Topliss-reactive ketones (excluding diaryl/α,β-unsaturated/α-hetero) is 1. The van der Waals surface area contributed by atoms with Crippen molar-refractivity contribution in [1.82, 2.24) is 9.88 Å². The monoisotopic (exact) mass is 399 g/mol. The van der Waals surface area contributed by atoms with Crippen LogP contribution in [0.4, 0.5) is 5.82 Å². The average molecular weight is 399 g/mol. The number of aryl methyl sites for hydroxylation is 1. The molecule has 0 saturated heterocycles. The van der Waals surface area contributed by atoms with Crippen LogP contribution in [0.2, 0.25) is 0 Å². The molecule has 0 spiro atoms. The molecule has 0 unspecified atom stereocenters. The van der Waals surface area contributed by atoms with E-state index < -0.39 is 11.7 Å². The van der Waals surface area contributed by atoms with Gasteiger partial charge in [-0.25, -0.2) is 4.98 Å². The number of hydrogen-bond acceptors (Lipinski definition) is 4. The predicted octanol–water partition coefficient (Wildman–Crippen LogP) is 4.57. The Morgan fingerprint density at radius 2 is 1.80 bits per heavy atom. The first-order valence-corrected chi connectivity index (χ1v) is 9.87. The number of amides is 1. The number of nitrogens with zero attached hydrogens (tertiary/aromatic N) is 2. The molecule has 0 radical (unpaired) electrons. The van der Waals surface area contributed by atoms with E-state index in [9.17, 15) is 9.59 Å². The molecule has 5 heteroatoms. The maximum absolute atomic E-state index is 12.7. The minimum atomic E-state index is -0.720. The number of allylic oxidation sites excluding steroid dienone is 4. The van der Waals surface area contributed by atoms with Gasteiger partial charge in [0.1, 0.15) is 5.82 Å². The number of rotatable bonds is 7. The van der Waals surface area contributed by atoms with E-state index in [0.29, 0.717) is 23.5 Å². The third-order valence-corrected chi connectivity index (χ3v) is 4.88. The Bertz CT molecular complexity index is 1030. The number of ketones is 1. The van der Waals surface area contributed by atoms with E-state index in [1.54, 1.807) is 31.3 Å². The molecule has 1 aromatic heterocycles. The molecule has 1 amide bonds. The zero-order valence-electron chi connectivity index (χ0n) is 17.3. The van der Waals surface area contributed by atoms with Crippen LogP contribution in [0.1, 0.15) is 25.0 Å². The standard InChI is InChI=1S/C25H25N3O2/c1-4-20-11-13-21(14-12-20)17-18(2)28-16-8-6-9-22(28)19(3)24(29)25(30)27-23-10-5-7-15-26-23/h5-16H,2,4,17H2,1,3H3,(H,26,27,30)/b22-19+. The van der Waals surface area contributed by atoms with Crippen molar-refractivity contribution in [2.45, 2.75) is 26.7 Å². The van der Waals surface area contributed by atoms with Gasteiger partial charge in [0.2, 0.25) is 5.78 Å². The van der Waals surface area contributed by atoms with Gasteiger partial charge in [0, 0.05) is 30.1 Å². The first-order chi connectivity index (χ1) is 14.5. The van der Waals surface area contributed by atoms with Crippen LogP contribution < -0.4 is 5.32 Å². The zero-order valence-corrected chi connectivity index (χ0v) is 17.3.